The molecular formula is C18H28N4O. The van der Waals surface area contributed by atoms with E-state index >= 15 is 0 Å². The quantitative estimate of drug-likeness (QED) is 0.665. The summed E-state index contributed by atoms with van der Waals surface area (Å²) in [7, 11) is 0. The molecule has 126 valence electrons. The van der Waals surface area contributed by atoms with Crippen LogP contribution < -0.4 is 15.5 Å². The van der Waals surface area contributed by atoms with Gasteiger partial charge in [0.2, 0.25) is 5.91 Å². The van der Waals surface area contributed by atoms with Crippen LogP contribution in [-0.4, -0.2) is 37.0 Å². The number of guanidine groups is 1. The number of para-hydroxylation sites is 1. The Hall–Kier alpha value is -2.04. The van der Waals surface area contributed by atoms with Crippen LogP contribution in [0.4, 0.5) is 5.69 Å². The summed E-state index contributed by atoms with van der Waals surface area (Å²) in [4.78, 5) is 18.9. The monoisotopic (exact) mass is 316 g/mol. The van der Waals surface area contributed by atoms with Crippen molar-refractivity contribution in [2.45, 2.75) is 46.1 Å². The maximum atomic E-state index is 12.6. The minimum Gasteiger partial charge on any atom is -0.357 e. The Balaban J connectivity index is 2.08. The molecule has 1 aromatic rings. The number of hydrogen-bond acceptors (Lipinski definition) is 2. The van der Waals surface area contributed by atoms with E-state index in [2.05, 4.69) is 42.5 Å². The second-order valence-corrected chi connectivity index (χ2v) is 6.85. The van der Waals surface area contributed by atoms with Crippen LogP contribution in [0.3, 0.4) is 0 Å². The van der Waals surface area contributed by atoms with E-state index in [1.54, 1.807) is 0 Å². The van der Waals surface area contributed by atoms with Crippen molar-refractivity contribution in [2.75, 3.05) is 24.5 Å². The lowest BCUT2D eigenvalue weighted by molar-refractivity contribution is -0.117. The molecule has 2 rings (SSSR count). The molecule has 0 spiro atoms. The molecule has 1 heterocycles. The molecule has 5 nitrogen and oxygen atoms in total. The van der Waals surface area contributed by atoms with Gasteiger partial charge in [0.15, 0.2) is 5.96 Å². The first-order valence-corrected chi connectivity index (χ1v) is 8.35. The number of nitrogens with one attached hydrogen (secondary N) is 2. The number of rotatable bonds is 3. The summed E-state index contributed by atoms with van der Waals surface area (Å²) < 4.78 is 0. The van der Waals surface area contributed by atoms with Gasteiger partial charge >= 0.3 is 0 Å². The normalized spacial score (nSPS) is 15.1. The number of hydrogen-bond donors (Lipinski definition) is 2. The fourth-order valence-electron chi connectivity index (χ4n) is 2.69. The van der Waals surface area contributed by atoms with Crippen LogP contribution in [-0.2, 0) is 11.2 Å². The molecule has 0 bridgehead atoms. The van der Waals surface area contributed by atoms with Crippen molar-refractivity contribution in [3.63, 3.8) is 0 Å². The molecule has 0 saturated carbocycles. The lowest BCUT2D eigenvalue weighted by Gasteiger charge is -2.29. The third-order valence-electron chi connectivity index (χ3n) is 3.62. The predicted molar refractivity (Wildman–Crippen MR) is 96.0 cm³/mol. The Kier molecular flexibility index (Phi) is 5.64. The van der Waals surface area contributed by atoms with E-state index in [0.717, 1.165) is 31.6 Å². The fourth-order valence-corrected chi connectivity index (χ4v) is 2.69. The minimum absolute atomic E-state index is 0.0447. The van der Waals surface area contributed by atoms with Crippen LogP contribution in [0.25, 0.3) is 0 Å². The zero-order valence-corrected chi connectivity index (χ0v) is 14.6. The van der Waals surface area contributed by atoms with E-state index in [-0.39, 0.29) is 18.0 Å². The lowest BCUT2D eigenvalue weighted by atomic mass is 10.0. The van der Waals surface area contributed by atoms with Gasteiger partial charge in [-0.25, -0.2) is 4.99 Å². The number of carbonyl (C=O) groups is 1. The van der Waals surface area contributed by atoms with E-state index in [1.807, 2.05) is 30.0 Å². The van der Waals surface area contributed by atoms with Gasteiger partial charge in [0, 0.05) is 24.3 Å². The van der Waals surface area contributed by atoms with Gasteiger partial charge in [0.25, 0.3) is 0 Å². The van der Waals surface area contributed by atoms with Crippen LogP contribution in [0.2, 0.25) is 0 Å². The SMILES string of the molecule is CCNC(=NCC(=O)N1CCCc2ccccc21)NC(C)(C)C. The van der Waals surface area contributed by atoms with Crippen LogP contribution in [0.5, 0.6) is 0 Å². The number of nitrogens with zero attached hydrogens (tertiary/aromatic N) is 2. The third-order valence-corrected chi connectivity index (χ3v) is 3.62. The van der Waals surface area contributed by atoms with Crippen molar-refractivity contribution in [3.8, 4) is 0 Å². The Morgan fingerprint density at radius 2 is 2.04 bits per heavy atom. The van der Waals surface area contributed by atoms with Crippen LogP contribution in [0.1, 0.15) is 39.7 Å². The smallest absolute Gasteiger partial charge is 0.248 e. The van der Waals surface area contributed by atoms with E-state index in [4.69, 9.17) is 0 Å². The molecule has 0 radical (unpaired) electrons. The summed E-state index contributed by atoms with van der Waals surface area (Å²) in [6, 6.07) is 8.14. The molecule has 0 unspecified atom stereocenters. The third kappa shape index (κ3) is 4.98. The highest BCUT2D eigenvalue weighted by molar-refractivity contribution is 5.97. The number of aryl methyl sites for hydroxylation is 1. The largest absolute Gasteiger partial charge is 0.357 e. The Labute approximate surface area is 139 Å². The highest BCUT2D eigenvalue weighted by atomic mass is 16.2. The number of anilines is 1. The highest BCUT2D eigenvalue weighted by Gasteiger charge is 2.22. The zero-order chi connectivity index (χ0) is 16.9. The highest BCUT2D eigenvalue weighted by Crippen LogP contribution is 2.26. The van der Waals surface area contributed by atoms with Gasteiger partial charge in [-0.05, 0) is 52.2 Å². The molecule has 0 fully saturated rings. The van der Waals surface area contributed by atoms with E-state index in [1.165, 1.54) is 5.56 Å². The number of aliphatic imine (C=N–C) groups is 1. The molecule has 0 aliphatic carbocycles. The van der Waals surface area contributed by atoms with E-state index in [9.17, 15) is 4.79 Å². The first-order valence-electron chi connectivity index (χ1n) is 8.35. The van der Waals surface area contributed by atoms with Crippen molar-refractivity contribution in [1.82, 2.24) is 10.6 Å². The van der Waals surface area contributed by atoms with Crippen molar-refractivity contribution in [1.29, 1.82) is 0 Å². The first kappa shape index (κ1) is 17.3. The second-order valence-electron chi connectivity index (χ2n) is 6.85. The average molecular weight is 316 g/mol. The molecule has 1 aliphatic rings. The molecule has 0 atom stereocenters. The number of amides is 1. The molecule has 1 aromatic carbocycles. The van der Waals surface area contributed by atoms with Gasteiger partial charge in [-0.3, -0.25) is 4.79 Å². The van der Waals surface area contributed by atoms with Gasteiger partial charge < -0.3 is 15.5 Å². The minimum atomic E-state index is -0.0955. The maximum absolute atomic E-state index is 12.6. The summed E-state index contributed by atoms with van der Waals surface area (Å²) in [5.41, 5.74) is 2.19. The predicted octanol–water partition coefficient (Wildman–Crippen LogP) is 2.32. The van der Waals surface area contributed by atoms with Crippen molar-refractivity contribution >= 4 is 17.6 Å². The summed E-state index contributed by atoms with van der Waals surface area (Å²) in [6.07, 6.45) is 2.05. The van der Waals surface area contributed by atoms with Crippen LogP contribution >= 0.6 is 0 Å². The summed E-state index contributed by atoms with van der Waals surface area (Å²) in [6.45, 7) is 9.92. The van der Waals surface area contributed by atoms with Crippen molar-refractivity contribution in [3.05, 3.63) is 29.8 Å². The summed E-state index contributed by atoms with van der Waals surface area (Å²) in [5, 5.41) is 6.49. The Morgan fingerprint density at radius 3 is 2.74 bits per heavy atom. The molecule has 1 aliphatic heterocycles. The maximum Gasteiger partial charge on any atom is 0.248 e. The molecular weight excluding hydrogens is 288 g/mol. The second kappa shape index (κ2) is 7.49. The summed E-state index contributed by atoms with van der Waals surface area (Å²) in [5.74, 6) is 0.724. The number of carbonyl (C=O) groups excluding carboxylic acids is 1. The average Bonchev–Trinajstić information content (AvgIpc) is 2.50. The van der Waals surface area contributed by atoms with Gasteiger partial charge in [-0.1, -0.05) is 18.2 Å². The topological polar surface area (TPSA) is 56.7 Å². The van der Waals surface area contributed by atoms with Crippen LogP contribution in [0, 0.1) is 0 Å². The zero-order valence-electron chi connectivity index (χ0n) is 14.6. The number of fused-ring (bicyclic) bond motifs is 1. The van der Waals surface area contributed by atoms with Gasteiger partial charge in [-0.2, -0.15) is 0 Å². The lowest BCUT2D eigenvalue weighted by Crippen LogP contribution is -2.48. The Bertz CT molecular complexity index is 575. The van der Waals surface area contributed by atoms with Crippen LogP contribution in [0.15, 0.2) is 29.3 Å². The molecule has 0 saturated heterocycles. The molecule has 0 aromatic heterocycles. The standard InChI is InChI=1S/C18H28N4O/c1-5-19-17(21-18(2,3)4)20-13-16(23)22-12-8-10-14-9-6-7-11-15(14)22/h6-7,9,11H,5,8,10,12-13H2,1-4H3,(H2,19,20,21). The van der Waals surface area contributed by atoms with E-state index in [0.29, 0.717) is 5.96 Å². The molecule has 2 N–H and O–H groups in total. The fraction of sp³-hybridized carbons (Fsp3) is 0.556. The Morgan fingerprint density at radius 1 is 1.30 bits per heavy atom. The molecule has 23 heavy (non-hydrogen) atoms. The van der Waals surface area contributed by atoms with Gasteiger partial charge in [-0.15, -0.1) is 0 Å². The van der Waals surface area contributed by atoms with E-state index < -0.39 is 0 Å². The summed E-state index contributed by atoms with van der Waals surface area (Å²) >= 11 is 0. The van der Waals surface area contributed by atoms with Gasteiger partial charge in [0.1, 0.15) is 6.54 Å². The number of benzene rings is 1. The molecule has 5 heteroatoms. The van der Waals surface area contributed by atoms with Crippen molar-refractivity contribution < 1.29 is 4.79 Å². The molecule has 1 amide bonds. The van der Waals surface area contributed by atoms with Crippen molar-refractivity contribution in [2.24, 2.45) is 4.99 Å². The van der Waals surface area contributed by atoms with Gasteiger partial charge in [0.05, 0.1) is 0 Å². The first-order chi connectivity index (χ1) is 10.9.